The number of carbonyl (C=O) groups excluding carboxylic acids is 1. The molecule has 1 aromatic carbocycles. The molecule has 0 aromatic heterocycles. The van der Waals surface area contributed by atoms with Crippen molar-refractivity contribution in [2.24, 2.45) is 0 Å². The van der Waals surface area contributed by atoms with Crippen molar-refractivity contribution >= 4 is 39.1 Å². The van der Waals surface area contributed by atoms with Gasteiger partial charge in [-0.15, -0.1) is 0 Å². The summed E-state index contributed by atoms with van der Waals surface area (Å²) in [7, 11) is 0. The van der Waals surface area contributed by atoms with E-state index >= 15 is 0 Å². The predicted octanol–water partition coefficient (Wildman–Crippen LogP) is 3.20. The lowest BCUT2D eigenvalue weighted by Gasteiger charge is -2.07. The normalized spacial score (nSPS) is 10.2. The number of unbranched alkanes of at least 4 members (excludes halogenated alkanes) is 1. The summed E-state index contributed by atoms with van der Waals surface area (Å²) in [5, 5.41) is 12.0. The molecule has 0 spiro atoms. The molecule has 16 heavy (non-hydrogen) atoms. The molecule has 0 fully saturated rings. The highest BCUT2D eigenvalue weighted by Crippen LogP contribution is 2.25. The van der Waals surface area contributed by atoms with E-state index in [1.165, 1.54) is 0 Å². The average molecular weight is 307 g/mol. The fraction of sp³-hybridized carbons (Fsp3) is 0.364. The van der Waals surface area contributed by atoms with Crippen LogP contribution in [0.5, 0.6) is 0 Å². The Morgan fingerprint density at radius 1 is 1.44 bits per heavy atom. The van der Waals surface area contributed by atoms with E-state index in [1.54, 1.807) is 18.2 Å². The van der Waals surface area contributed by atoms with E-state index in [-0.39, 0.29) is 12.5 Å². The Hall–Kier alpha value is -0.580. The number of nitrogens with one attached hydrogen (secondary N) is 1. The van der Waals surface area contributed by atoms with Gasteiger partial charge in [-0.3, -0.25) is 4.79 Å². The maximum atomic E-state index is 11.5. The third-order valence-electron chi connectivity index (χ3n) is 2.02. The zero-order chi connectivity index (χ0) is 12.0. The van der Waals surface area contributed by atoms with Crippen molar-refractivity contribution in [1.29, 1.82) is 0 Å². The first-order chi connectivity index (χ1) is 7.63. The minimum atomic E-state index is -0.0588. The second-order valence-electron chi connectivity index (χ2n) is 3.35. The van der Waals surface area contributed by atoms with Crippen molar-refractivity contribution in [1.82, 2.24) is 0 Å². The smallest absolute Gasteiger partial charge is 0.224 e. The predicted molar refractivity (Wildman–Crippen MR) is 68.7 cm³/mol. The average Bonchev–Trinajstić information content (AvgIpc) is 2.23. The fourth-order valence-corrected chi connectivity index (χ4v) is 1.98. The molecule has 2 N–H and O–H groups in total. The van der Waals surface area contributed by atoms with Crippen LogP contribution in [-0.4, -0.2) is 17.6 Å². The molecule has 0 unspecified atom stereocenters. The highest BCUT2D eigenvalue weighted by Gasteiger charge is 2.05. The standard InChI is InChI=1S/C11H13BrClNO2/c12-9-7-8(13)4-5-10(9)14-11(16)3-1-2-6-15/h4-5,7,15H,1-3,6H2,(H,14,16). The molecule has 0 radical (unpaired) electrons. The minimum absolute atomic E-state index is 0.0588. The molecular formula is C11H13BrClNO2. The minimum Gasteiger partial charge on any atom is -0.396 e. The van der Waals surface area contributed by atoms with Gasteiger partial charge in [0.1, 0.15) is 0 Å². The third-order valence-corrected chi connectivity index (χ3v) is 2.91. The molecule has 0 saturated heterocycles. The number of benzene rings is 1. The van der Waals surface area contributed by atoms with Gasteiger partial charge in [0.05, 0.1) is 5.69 Å². The summed E-state index contributed by atoms with van der Waals surface area (Å²) in [5.74, 6) is -0.0588. The van der Waals surface area contributed by atoms with Gasteiger partial charge in [0.25, 0.3) is 0 Å². The van der Waals surface area contributed by atoms with Crippen molar-refractivity contribution in [3.8, 4) is 0 Å². The number of hydrogen-bond acceptors (Lipinski definition) is 2. The largest absolute Gasteiger partial charge is 0.396 e. The van der Waals surface area contributed by atoms with Crippen molar-refractivity contribution in [2.75, 3.05) is 11.9 Å². The molecule has 0 bridgehead atoms. The van der Waals surface area contributed by atoms with E-state index in [1.807, 2.05) is 0 Å². The molecule has 1 rings (SSSR count). The molecule has 0 aliphatic rings. The summed E-state index contributed by atoms with van der Waals surface area (Å²) in [6, 6.07) is 5.19. The van der Waals surface area contributed by atoms with Gasteiger partial charge in [-0.05, 0) is 47.0 Å². The van der Waals surface area contributed by atoms with Gasteiger partial charge in [0, 0.05) is 22.5 Å². The molecule has 1 aromatic rings. The Kier molecular flexibility index (Phi) is 5.80. The van der Waals surface area contributed by atoms with Crippen molar-refractivity contribution < 1.29 is 9.90 Å². The highest BCUT2D eigenvalue weighted by molar-refractivity contribution is 9.10. The molecule has 5 heteroatoms. The number of aliphatic hydroxyl groups is 1. The van der Waals surface area contributed by atoms with E-state index < -0.39 is 0 Å². The number of rotatable bonds is 5. The van der Waals surface area contributed by atoms with Gasteiger partial charge in [0.2, 0.25) is 5.91 Å². The van der Waals surface area contributed by atoms with Crippen molar-refractivity contribution in [3.63, 3.8) is 0 Å². The summed E-state index contributed by atoms with van der Waals surface area (Å²) in [6.07, 6.45) is 1.75. The number of anilines is 1. The van der Waals surface area contributed by atoms with Crippen LogP contribution in [0.25, 0.3) is 0 Å². The van der Waals surface area contributed by atoms with Crippen LogP contribution in [0.4, 0.5) is 5.69 Å². The van der Waals surface area contributed by atoms with E-state index in [0.29, 0.717) is 30.0 Å². The first-order valence-corrected chi connectivity index (χ1v) is 6.16. The Labute approximate surface area is 108 Å². The first kappa shape index (κ1) is 13.5. The van der Waals surface area contributed by atoms with Gasteiger partial charge in [0.15, 0.2) is 0 Å². The zero-order valence-electron chi connectivity index (χ0n) is 8.67. The van der Waals surface area contributed by atoms with Crippen LogP contribution in [0, 0.1) is 0 Å². The number of amides is 1. The molecule has 88 valence electrons. The molecule has 0 aliphatic heterocycles. The van der Waals surface area contributed by atoms with Gasteiger partial charge in [-0.2, -0.15) is 0 Å². The van der Waals surface area contributed by atoms with E-state index in [4.69, 9.17) is 16.7 Å². The number of halogens is 2. The van der Waals surface area contributed by atoms with Gasteiger partial charge in [-0.25, -0.2) is 0 Å². The lowest BCUT2D eigenvalue weighted by molar-refractivity contribution is -0.116. The van der Waals surface area contributed by atoms with E-state index in [2.05, 4.69) is 21.2 Å². The summed E-state index contributed by atoms with van der Waals surface area (Å²) < 4.78 is 0.760. The summed E-state index contributed by atoms with van der Waals surface area (Å²) >= 11 is 9.10. The lowest BCUT2D eigenvalue weighted by Crippen LogP contribution is -2.11. The summed E-state index contributed by atoms with van der Waals surface area (Å²) in [5.41, 5.74) is 0.707. The molecule has 0 aliphatic carbocycles. The van der Waals surface area contributed by atoms with Crippen LogP contribution >= 0.6 is 27.5 Å². The molecule has 0 saturated carbocycles. The van der Waals surface area contributed by atoms with Crippen LogP contribution in [0.1, 0.15) is 19.3 Å². The van der Waals surface area contributed by atoms with E-state index in [9.17, 15) is 4.79 Å². The second-order valence-corrected chi connectivity index (χ2v) is 4.64. The van der Waals surface area contributed by atoms with Gasteiger partial charge in [-0.1, -0.05) is 11.6 Å². The Bertz CT molecular complexity index is 371. The fourth-order valence-electron chi connectivity index (χ4n) is 1.20. The maximum Gasteiger partial charge on any atom is 0.224 e. The first-order valence-electron chi connectivity index (χ1n) is 4.99. The Balaban J connectivity index is 2.49. The summed E-state index contributed by atoms with van der Waals surface area (Å²) in [6.45, 7) is 0.123. The number of carbonyl (C=O) groups is 1. The Morgan fingerprint density at radius 3 is 2.81 bits per heavy atom. The Morgan fingerprint density at radius 2 is 2.19 bits per heavy atom. The van der Waals surface area contributed by atoms with Crippen LogP contribution in [0.3, 0.4) is 0 Å². The van der Waals surface area contributed by atoms with Gasteiger partial charge < -0.3 is 10.4 Å². The van der Waals surface area contributed by atoms with Crippen molar-refractivity contribution in [3.05, 3.63) is 27.7 Å². The summed E-state index contributed by atoms with van der Waals surface area (Å²) in [4.78, 5) is 11.5. The van der Waals surface area contributed by atoms with E-state index in [0.717, 1.165) is 4.47 Å². The van der Waals surface area contributed by atoms with Crippen molar-refractivity contribution in [2.45, 2.75) is 19.3 Å². The molecule has 0 atom stereocenters. The zero-order valence-corrected chi connectivity index (χ0v) is 11.0. The van der Waals surface area contributed by atoms with Crippen LogP contribution in [0.2, 0.25) is 5.02 Å². The molecular weight excluding hydrogens is 293 g/mol. The quantitative estimate of drug-likeness (QED) is 0.821. The second kappa shape index (κ2) is 6.89. The van der Waals surface area contributed by atoms with Crippen LogP contribution in [0.15, 0.2) is 22.7 Å². The maximum absolute atomic E-state index is 11.5. The van der Waals surface area contributed by atoms with Crippen LogP contribution in [-0.2, 0) is 4.79 Å². The number of hydrogen-bond donors (Lipinski definition) is 2. The van der Waals surface area contributed by atoms with Gasteiger partial charge >= 0.3 is 0 Å². The molecule has 0 heterocycles. The monoisotopic (exact) mass is 305 g/mol. The topological polar surface area (TPSA) is 49.3 Å². The molecule has 1 amide bonds. The highest BCUT2D eigenvalue weighted by atomic mass is 79.9. The third kappa shape index (κ3) is 4.51. The lowest BCUT2D eigenvalue weighted by atomic mass is 10.2. The molecule has 3 nitrogen and oxygen atoms in total. The SMILES string of the molecule is O=C(CCCCO)Nc1ccc(Cl)cc1Br. The van der Waals surface area contributed by atoms with Crippen LogP contribution < -0.4 is 5.32 Å². The number of aliphatic hydroxyl groups excluding tert-OH is 1.